The monoisotopic (exact) mass is 406 g/mol. The molecule has 0 aliphatic carbocycles. The fourth-order valence-corrected chi connectivity index (χ4v) is 2.96. The second kappa shape index (κ2) is 9.13. The first-order chi connectivity index (χ1) is 14.4. The van der Waals surface area contributed by atoms with Gasteiger partial charge in [-0.05, 0) is 73.1 Å². The van der Waals surface area contributed by atoms with Crippen molar-refractivity contribution in [3.05, 3.63) is 101 Å². The fourth-order valence-electron chi connectivity index (χ4n) is 2.96. The zero-order valence-electron chi connectivity index (χ0n) is 16.5. The highest BCUT2D eigenvalue weighted by atomic mass is 19.1. The van der Waals surface area contributed by atoms with Crippen LogP contribution in [0.15, 0.2) is 72.9 Å². The molecule has 0 spiro atoms. The predicted octanol–water partition coefficient (Wildman–Crippen LogP) is 5.46. The van der Waals surface area contributed by atoms with Crippen molar-refractivity contribution in [1.29, 1.82) is 0 Å². The van der Waals surface area contributed by atoms with Crippen LogP contribution in [0, 0.1) is 18.6 Å². The summed E-state index contributed by atoms with van der Waals surface area (Å²) in [6.45, 7) is 3.74. The summed E-state index contributed by atoms with van der Waals surface area (Å²) < 4.78 is 27.6. The van der Waals surface area contributed by atoms with Crippen LogP contribution < -0.4 is 10.6 Å². The summed E-state index contributed by atoms with van der Waals surface area (Å²) >= 11 is 0. The number of halogens is 2. The average Bonchev–Trinajstić information content (AvgIpc) is 2.73. The van der Waals surface area contributed by atoms with E-state index in [1.165, 1.54) is 6.07 Å². The van der Waals surface area contributed by atoms with E-state index < -0.39 is 23.1 Å². The maximum absolute atomic E-state index is 13.8. The Labute approximate surface area is 173 Å². The van der Waals surface area contributed by atoms with Crippen molar-refractivity contribution in [2.45, 2.75) is 13.8 Å². The minimum atomic E-state index is -0.923. The van der Waals surface area contributed by atoms with E-state index in [1.807, 2.05) is 19.9 Å². The van der Waals surface area contributed by atoms with Crippen LogP contribution in [0.2, 0.25) is 0 Å². The number of anilines is 1. The normalized spacial score (nSPS) is 10.8. The molecule has 0 atom stereocenters. The Hall–Kier alpha value is -3.80. The number of rotatable bonds is 5. The molecular formula is C24H20F2N2O2. The van der Waals surface area contributed by atoms with Gasteiger partial charge in [-0.1, -0.05) is 30.3 Å². The van der Waals surface area contributed by atoms with Crippen molar-refractivity contribution in [2.75, 3.05) is 5.32 Å². The Balaban J connectivity index is 1.82. The van der Waals surface area contributed by atoms with E-state index in [9.17, 15) is 18.4 Å². The van der Waals surface area contributed by atoms with Gasteiger partial charge in [0.1, 0.15) is 17.2 Å². The lowest BCUT2D eigenvalue weighted by molar-refractivity contribution is 0.0968. The quantitative estimate of drug-likeness (QED) is 0.591. The third-order valence-electron chi connectivity index (χ3n) is 4.52. The molecule has 0 unspecified atom stereocenters. The first-order valence-electron chi connectivity index (χ1n) is 9.29. The molecule has 3 aromatic rings. The van der Waals surface area contributed by atoms with Crippen LogP contribution in [0.4, 0.5) is 14.5 Å². The molecule has 2 amide bonds. The zero-order chi connectivity index (χ0) is 21.7. The van der Waals surface area contributed by atoms with Gasteiger partial charge < -0.3 is 10.6 Å². The summed E-state index contributed by atoms with van der Waals surface area (Å²) in [5.74, 6) is -2.93. The summed E-state index contributed by atoms with van der Waals surface area (Å²) in [5, 5.41) is 5.17. The Bertz CT molecular complexity index is 1100. The van der Waals surface area contributed by atoms with Gasteiger partial charge in [0, 0.05) is 11.3 Å². The second-order valence-electron chi connectivity index (χ2n) is 6.63. The van der Waals surface area contributed by atoms with Gasteiger partial charge in [-0.2, -0.15) is 0 Å². The lowest BCUT2D eigenvalue weighted by Crippen LogP contribution is -2.17. The molecule has 0 fully saturated rings. The van der Waals surface area contributed by atoms with Crippen molar-refractivity contribution in [3.8, 4) is 11.1 Å². The molecular weight excluding hydrogens is 386 g/mol. The van der Waals surface area contributed by atoms with Crippen LogP contribution in [0.3, 0.4) is 0 Å². The SMILES string of the molecule is C/C=C\NC(=O)c1ccc(C)c(-c2ccc(NC(=O)c3c(F)cccc3F)cc2)c1. The molecule has 0 aromatic heterocycles. The number of aryl methyl sites for hydroxylation is 1. The number of allylic oxidation sites excluding steroid dienone is 1. The van der Waals surface area contributed by atoms with E-state index in [-0.39, 0.29) is 5.91 Å². The largest absolute Gasteiger partial charge is 0.329 e. The molecule has 0 saturated heterocycles. The summed E-state index contributed by atoms with van der Waals surface area (Å²) in [4.78, 5) is 24.4. The van der Waals surface area contributed by atoms with Crippen LogP contribution in [-0.2, 0) is 0 Å². The average molecular weight is 406 g/mol. The molecule has 0 saturated carbocycles. The Morgan fingerprint density at radius 2 is 1.57 bits per heavy atom. The zero-order valence-corrected chi connectivity index (χ0v) is 16.5. The molecule has 2 N–H and O–H groups in total. The highest BCUT2D eigenvalue weighted by molar-refractivity contribution is 6.04. The number of carbonyl (C=O) groups is 2. The van der Waals surface area contributed by atoms with Crippen molar-refractivity contribution >= 4 is 17.5 Å². The minimum Gasteiger partial charge on any atom is -0.329 e. The van der Waals surface area contributed by atoms with Gasteiger partial charge in [-0.25, -0.2) is 8.78 Å². The number of hydrogen-bond donors (Lipinski definition) is 2. The van der Waals surface area contributed by atoms with Crippen molar-refractivity contribution < 1.29 is 18.4 Å². The van der Waals surface area contributed by atoms with E-state index in [0.717, 1.165) is 28.8 Å². The molecule has 30 heavy (non-hydrogen) atoms. The van der Waals surface area contributed by atoms with Crippen molar-refractivity contribution in [2.24, 2.45) is 0 Å². The standard InChI is InChI=1S/C24H20F2N2O2/c1-3-13-27-23(29)17-8-7-15(2)19(14-17)16-9-11-18(12-10-16)28-24(30)22-20(25)5-4-6-21(22)26/h3-14H,1-2H3,(H,27,29)(H,28,30)/b13-3-. The van der Waals surface area contributed by atoms with Crippen molar-refractivity contribution in [3.63, 3.8) is 0 Å². The van der Waals surface area contributed by atoms with Crippen molar-refractivity contribution in [1.82, 2.24) is 5.32 Å². The molecule has 6 heteroatoms. The number of nitrogens with one attached hydrogen (secondary N) is 2. The number of hydrogen-bond acceptors (Lipinski definition) is 2. The molecule has 0 aliphatic heterocycles. The van der Waals surface area contributed by atoms with Crippen LogP contribution in [0.5, 0.6) is 0 Å². The summed E-state index contributed by atoms with van der Waals surface area (Å²) in [6.07, 6.45) is 3.30. The lowest BCUT2D eigenvalue weighted by Gasteiger charge is -2.11. The molecule has 152 valence electrons. The van der Waals surface area contributed by atoms with Gasteiger partial charge in [0.2, 0.25) is 0 Å². The van der Waals surface area contributed by atoms with E-state index in [0.29, 0.717) is 11.3 Å². The van der Waals surface area contributed by atoms with Gasteiger partial charge in [0.15, 0.2) is 0 Å². The Morgan fingerprint density at radius 3 is 2.20 bits per heavy atom. The molecule has 0 aliphatic rings. The first kappa shape index (κ1) is 20.9. The van der Waals surface area contributed by atoms with Gasteiger partial charge in [0.25, 0.3) is 11.8 Å². The van der Waals surface area contributed by atoms with Crippen LogP contribution in [0.25, 0.3) is 11.1 Å². The highest BCUT2D eigenvalue weighted by Gasteiger charge is 2.17. The number of benzene rings is 3. The highest BCUT2D eigenvalue weighted by Crippen LogP contribution is 2.26. The van der Waals surface area contributed by atoms with Gasteiger partial charge >= 0.3 is 0 Å². The number of carbonyl (C=O) groups excluding carboxylic acids is 2. The smallest absolute Gasteiger partial charge is 0.261 e. The van der Waals surface area contributed by atoms with Crippen LogP contribution in [0.1, 0.15) is 33.2 Å². The maximum Gasteiger partial charge on any atom is 0.261 e. The third kappa shape index (κ3) is 4.60. The van der Waals surface area contributed by atoms with Gasteiger partial charge in [-0.15, -0.1) is 0 Å². The van der Waals surface area contributed by atoms with Gasteiger partial charge in [0.05, 0.1) is 0 Å². The maximum atomic E-state index is 13.8. The number of amides is 2. The van der Waals surface area contributed by atoms with Crippen LogP contribution >= 0.6 is 0 Å². The topological polar surface area (TPSA) is 58.2 Å². The van der Waals surface area contributed by atoms with E-state index >= 15 is 0 Å². The summed E-state index contributed by atoms with van der Waals surface area (Å²) in [6, 6.07) is 15.5. The molecule has 0 bridgehead atoms. The summed E-state index contributed by atoms with van der Waals surface area (Å²) in [5.41, 5.74) is 2.96. The van der Waals surface area contributed by atoms with E-state index in [4.69, 9.17) is 0 Å². The Kier molecular flexibility index (Phi) is 6.37. The molecule has 0 radical (unpaired) electrons. The van der Waals surface area contributed by atoms with E-state index in [1.54, 1.807) is 48.7 Å². The minimum absolute atomic E-state index is 0.217. The summed E-state index contributed by atoms with van der Waals surface area (Å²) in [7, 11) is 0. The predicted molar refractivity (Wildman–Crippen MR) is 113 cm³/mol. The first-order valence-corrected chi connectivity index (χ1v) is 9.29. The lowest BCUT2D eigenvalue weighted by atomic mass is 9.97. The fraction of sp³-hybridized carbons (Fsp3) is 0.0833. The van der Waals surface area contributed by atoms with Gasteiger partial charge in [-0.3, -0.25) is 9.59 Å². The Morgan fingerprint density at radius 1 is 0.900 bits per heavy atom. The van der Waals surface area contributed by atoms with E-state index in [2.05, 4.69) is 10.6 Å². The molecule has 4 nitrogen and oxygen atoms in total. The third-order valence-corrected chi connectivity index (χ3v) is 4.52. The molecule has 0 heterocycles. The molecule has 3 rings (SSSR count). The second-order valence-corrected chi connectivity index (χ2v) is 6.63. The molecule has 3 aromatic carbocycles. The van der Waals surface area contributed by atoms with Crippen LogP contribution in [-0.4, -0.2) is 11.8 Å².